The van der Waals surface area contributed by atoms with Crippen LogP contribution in [0, 0.1) is 0 Å². The molecule has 1 fully saturated rings. The molecule has 1 aliphatic rings. The van der Waals surface area contributed by atoms with E-state index >= 15 is 0 Å². The zero-order valence-electron chi connectivity index (χ0n) is 14.0. The van der Waals surface area contributed by atoms with Crippen molar-refractivity contribution >= 4 is 30.7 Å². The molecule has 0 radical (unpaired) electrons. The molecule has 23 heavy (non-hydrogen) atoms. The first-order valence-corrected chi connectivity index (χ1v) is 7.79. The van der Waals surface area contributed by atoms with Gasteiger partial charge in [0.2, 0.25) is 5.91 Å². The number of nitrogens with two attached hydrogens (primary N) is 1. The molecular formula is C17H29Cl2N3O. The lowest BCUT2D eigenvalue weighted by molar-refractivity contribution is -0.127. The summed E-state index contributed by atoms with van der Waals surface area (Å²) in [4.78, 5) is 14.4. The van der Waals surface area contributed by atoms with Crippen molar-refractivity contribution in [1.29, 1.82) is 0 Å². The lowest BCUT2D eigenvalue weighted by Crippen LogP contribution is -2.54. The van der Waals surface area contributed by atoms with E-state index in [-0.39, 0.29) is 30.7 Å². The molecule has 1 aromatic rings. The van der Waals surface area contributed by atoms with Crippen LogP contribution in [0.1, 0.15) is 43.2 Å². The van der Waals surface area contributed by atoms with Crippen LogP contribution in [0.2, 0.25) is 0 Å². The topological polar surface area (TPSA) is 58.4 Å². The molecule has 0 spiro atoms. The van der Waals surface area contributed by atoms with Gasteiger partial charge in [-0.05, 0) is 38.1 Å². The molecule has 4 nitrogen and oxygen atoms in total. The zero-order valence-corrected chi connectivity index (χ0v) is 15.6. The van der Waals surface area contributed by atoms with Crippen molar-refractivity contribution < 1.29 is 4.79 Å². The van der Waals surface area contributed by atoms with Crippen molar-refractivity contribution in [3.8, 4) is 0 Å². The van der Waals surface area contributed by atoms with Gasteiger partial charge in [-0.2, -0.15) is 0 Å². The van der Waals surface area contributed by atoms with E-state index in [9.17, 15) is 4.79 Å². The highest BCUT2D eigenvalue weighted by atomic mass is 35.5. The van der Waals surface area contributed by atoms with Gasteiger partial charge in [0, 0.05) is 13.1 Å². The Balaban J connectivity index is 0.00000242. The van der Waals surface area contributed by atoms with E-state index in [1.807, 2.05) is 12.1 Å². The fraction of sp³-hybridized carbons (Fsp3) is 0.588. The molecule has 1 amide bonds. The minimum atomic E-state index is -0.653. The largest absolute Gasteiger partial charge is 0.350 e. The number of hydrogen-bond donors (Lipinski definition) is 2. The summed E-state index contributed by atoms with van der Waals surface area (Å²) in [5.41, 5.74) is 7.97. The van der Waals surface area contributed by atoms with Crippen LogP contribution in [0.5, 0.6) is 0 Å². The van der Waals surface area contributed by atoms with E-state index in [4.69, 9.17) is 5.73 Å². The maximum Gasteiger partial charge on any atom is 0.240 e. The lowest BCUT2D eigenvalue weighted by Gasteiger charge is -2.31. The van der Waals surface area contributed by atoms with E-state index < -0.39 is 5.54 Å². The van der Waals surface area contributed by atoms with Crippen molar-refractivity contribution in [3.63, 3.8) is 0 Å². The number of rotatable bonds is 5. The molecule has 6 heteroatoms. The molecule has 0 saturated heterocycles. The van der Waals surface area contributed by atoms with Crippen molar-refractivity contribution in [2.45, 2.75) is 50.7 Å². The van der Waals surface area contributed by atoms with Crippen LogP contribution in [0.25, 0.3) is 0 Å². The number of carbonyl (C=O) groups is 1. The molecule has 3 N–H and O–H groups in total. The molecule has 0 heterocycles. The zero-order chi connectivity index (χ0) is 15.3. The first-order valence-electron chi connectivity index (χ1n) is 7.79. The predicted molar refractivity (Wildman–Crippen MR) is 100 cm³/mol. The van der Waals surface area contributed by atoms with E-state index in [1.54, 1.807) is 0 Å². The molecule has 0 unspecified atom stereocenters. The molecule has 132 valence electrons. The van der Waals surface area contributed by atoms with Crippen LogP contribution < -0.4 is 11.1 Å². The minimum Gasteiger partial charge on any atom is -0.350 e. The van der Waals surface area contributed by atoms with Crippen molar-refractivity contribution in [2.24, 2.45) is 5.73 Å². The summed E-state index contributed by atoms with van der Waals surface area (Å²) in [6, 6.07) is 8.34. The third-order valence-electron chi connectivity index (χ3n) is 4.14. The van der Waals surface area contributed by atoms with Gasteiger partial charge in [-0.25, -0.2) is 0 Å². The monoisotopic (exact) mass is 361 g/mol. The molecule has 0 atom stereocenters. The molecule has 1 saturated carbocycles. The first kappa shape index (κ1) is 22.2. The number of amides is 1. The quantitative estimate of drug-likeness (QED) is 0.847. The normalized spacial score (nSPS) is 16.2. The van der Waals surface area contributed by atoms with Crippen molar-refractivity contribution in [3.05, 3.63) is 35.4 Å². The average molecular weight is 362 g/mol. The summed E-state index contributed by atoms with van der Waals surface area (Å²) in [5, 5.41) is 3.01. The van der Waals surface area contributed by atoms with Gasteiger partial charge in [0.25, 0.3) is 0 Å². The standard InChI is InChI=1S/C17H27N3O.2ClH/c1-20(2)13-15-8-6-7-14(11-15)12-19-16(21)17(18)9-4-3-5-10-17;;/h6-8,11H,3-5,9-10,12-13,18H2,1-2H3,(H,19,21);2*1H. The summed E-state index contributed by atoms with van der Waals surface area (Å²) in [7, 11) is 4.10. The van der Waals surface area contributed by atoms with Gasteiger partial charge in [0.15, 0.2) is 0 Å². The molecule has 2 rings (SSSR count). The summed E-state index contributed by atoms with van der Waals surface area (Å²) in [5.74, 6) is 0.000197. The SMILES string of the molecule is CN(C)Cc1cccc(CNC(=O)C2(N)CCCCC2)c1.Cl.Cl. The van der Waals surface area contributed by atoms with Crippen molar-refractivity contribution in [2.75, 3.05) is 14.1 Å². The van der Waals surface area contributed by atoms with E-state index in [0.29, 0.717) is 6.54 Å². The van der Waals surface area contributed by atoms with Crippen LogP contribution in [0.3, 0.4) is 0 Å². The second-order valence-corrected chi connectivity index (χ2v) is 6.46. The van der Waals surface area contributed by atoms with Crippen LogP contribution >= 0.6 is 24.8 Å². The number of hydrogen-bond acceptors (Lipinski definition) is 3. The highest BCUT2D eigenvalue weighted by Crippen LogP contribution is 2.26. The first-order chi connectivity index (χ1) is 9.99. The van der Waals surface area contributed by atoms with E-state index in [1.165, 1.54) is 12.0 Å². The van der Waals surface area contributed by atoms with E-state index in [0.717, 1.165) is 37.8 Å². The smallest absolute Gasteiger partial charge is 0.240 e. The lowest BCUT2D eigenvalue weighted by atomic mass is 9.82. The molecule has 0 bridgehead atoms. The van der Waals surface area contributed by atoms with Crippen LogP contribution in [-0.2, 0) is 17.9 Å². The number of carbonyl (C=O) groups excluding carboxylic acids is 1. The van der Waals surface area contributed by atoms with Gasteiger partial charge >= 0.3 is 0 Å². The van der Waals surface area contributed by atoms with Gasteiger partial charge in [0.1, 0.15) is 0 Å². The Morgan fingerprint density at radius 2 is 1.78 bits per heavy atom. The van der Waals surface area contributed by atoms with Crippen LogP contribution in [0.15, 0.2) is 24.3 Å². The van der Waals surface area contributed by atoms with Gasteiger partial charge in [-0.1, -0.05) is 43.5 Å². The van der Waals surface area contributed by atoms with Gasteiger partial charge < -0.3 is 16.0 Å². The van der Waals surface area contributed by atoms with Gasteiger partial charge in [-0.3, -0.25) is 4.79 Å². The maximum atomic E-state index is 12.3. The third kappa shape index (κ3) is 6.68. The molecule has 1 aromatic carbocycles. The fourth-order valence-corrected chi connectivity index (χ4v) is 2.97. The summed E-state index contributed by atoms with van der Waals surface area (Å²) in [6.45, 7) is 1.46. The Hall–Kier alpha value is -0.810. The van der Waals surface area contributed by atoms with Crippen molar-refractivity contribution in [1.82, 2.24) is 10.2 Å². The Kier molecular flexibility index (Phi) is 9.78. The summed E-state index contributed by atoms with van der Waals surface area (Å²) < 4.78 is 0. The molecule has 1 aliphatic carbocycles. The second kappa shape index (κ2) is 10.1. The molecular weight excluding hydrogens is 333 g/mol. The third-order valence-corrected chi connectivity index (χ3v) is 4.14. The second-order valence-electron chi connectivity index (χ2n) is 6.46. The van der Waals surface area contributed by atoms with E-state index in [2.05, 4.69) is 36.4 Å². The fourth-order valence-electron chi connectivity index (χ4n) is 2.97. The Labute approximate surface area is 152 Å². The van der Waals surface area contributed by atoms with Gasteiger partial charge in [0.05, 0.1) is 5.54 Å². The number of benzene rings is 1. The Bertz CT molecular complexity index is 488. The van der Waals surface area contributed by atoms with Crippen LogP contribution in [-0.4, -0.2) is 30.4 Å². The summed E-state index contributed by atoms with van der Waals surface area (Å²) in [6.07, 6.45) is 4.92. The Morgan fingerprint density at radius 3 is 2.39 bits per heavy atom. The number of nitrogens with zero attached hydrogens (tertiary/aromatic N) is 1. The highest BCUT2D eigenvalue weighted by Gasteiger charge is 2.34. The highest BCUT2D eigenvalue weighted by molar-refractivity contribution is 5.86. The molecule has 0 aromatic heterocycles. The average Bonchev–Trinajstić information content (AvgIpc) is 2.45. The minimum absolute atomic E-state index is 0. The number of halogens is 2. The Morgan fingerprint density at radius 1 is 1.17 bits per heavy atom. The summed E-state index contributed by atoms with van der Waals surface area (Å²) >= 11 is 0. The maximum absolute atomic E-state index is 12.3. The van der Waals surface area contributed by atoms with Crippen LogP contribution in [0.4, 0.5) is 0 Å². The molecule has 0 aliphatic heterocycles. The number of nitrogens with one attached hydrogen (secondary N) is 1. The predicted octanol–water partition coefficient (Wildman–Crippen LogP) is 2.87. The van der Waals surface area contributed by atoms with Gasteiger partial charge in [-0.15, -0.1) is 24.8 Å².